The summed E-state index contributed by atoms with van der Waals surface area (Å²) in [5.74, 6) is 0.477. The van der Waals surface area contributed by atoms with E-state index in [4.69, 9.17) is 16.3 Å². The van der Waals surface area contributed by atoms with Crippen molar-refractivity contribution in [1.29, 1.82) is 0 Å². The molecule has 0 saturated heterocycles. The molecule has 3 nitrogen and oxygen atoms in total. The van der Waals surface area contributed by atoms with Crippen molar-refractivity contribution in [3.05, 3.63) is 29.3 Å². The molecule has 1 atom stereocenters. The lowest BCUT2D eigenvalue weighted by Crippen LogP contribution is -2.33. The van der Waals surface area contributed by atoms with Crippen molar-refractivity contribution < 1.29 is 9.53 Å². The summed E-state index contributed by atoms with van der Waals surface area (Å²) < 4.78 is 5.35. The fourth-order valence-electron chi connectivity index (χ4n) is 0.974. The Hall–Kier alpha value is -1.22. The van der Waals surface area contributed by atoms with E-state index in [9.17, 15) is 4.79 Å². The van der Waals surface area contributed by atoms with Crippen LogP contribution in [0, 0.1) is 0 Å². The third-order valence-corrected chi connectivity index (χ3v) is 1.99. The molecule has 1 N–H and O–H groups in total. The van der Waals surface area contributed by atoms with Crippen LogP contribution in [0.15, 0.2) is 24.3 Å². The Morgan fingerprint density at radius 2 is 2.00 bits per heavy atom. The van der Waals surface area contributed by atoms with Crippen LogP contribution in [0.4, 0.5) is 0 Å². The van der Waals surface area contributed by atoms with Crippen LogP contribution in [0.3, 0.4) is 0 Å². The summed E-state index contributed by atoms with van der Waals surface area (Å²) in [6.45, 7) is 1.69. The highest BCUT2D eigenvalue weighted by Crippen LogP contribution is 2.16. The van der Waals surface area contributed by atoms with Crippen molar-refractivity contribution in [3.63, 3.8) is 0 Å². The summed E-state index contributed by atoms with van der Waals surface area (Å²) in [6, 6.07) is 6.88. The highest BCUT2D eigenvalue weighted by molar-refractivity contribution is 6.30. The van der Waals surface area contributed by atoms with Crippen LogP contribution in [-0.2, 0) is 4.79 Å². The van der Waals surface area contributed by atoms with Crippen molar-refractivity contribution in [2.24, 2.45) is 0 Å². The second-order valence-corrected chi connectivity index (χ2v) is 3.26. The van der Waals surface area contributed by atoms with Crippen molar-refractivity contribution in [3.8, 4) is 5.75 Å². The summed E-state index contributed by atoms with van der Waals surface area (Å²) in [5, 5.41) is 3.15. The van der Waals surface area contributed by atoms with Gasteiger partial charge in [0.2, 0.25) is 0 Å². The third-order valence-electron chi connectivity index (χ3n) is 1.74. The Morgan fingerprint density at radius 3 is 2.50 bits per heavy atom. The van der Waals surface area contributed by atoms with Gasteiger partial charge in [-0.05, 0) is 31.2 Å². The van der Waals surface area contributed by atoms with Crippen molar-refractivity contribution in [2.45, 2.75) is 13.0 Å². The lowest BCUT2D eigenvalue weighted by atomic mass is 10.3. The average molecular weight is 214 g/mol. The molecule has 1 amide bonds. The maximum Gasteiger partial charge on any atom is 0.260 e. The van der Waals surface area contributed by atoms with Gasteiger partial charge in [0, 0.05) is 12.1 Å². The number of hydrogen-bond donors (Lipinski definition) is 1. The molecule has 0 unspecified atom stereocenters. The largest absolute Gasteiger partial charge is 0.481 e. The van der Waals surface area contributed by atoms with E-state index in [0.717, 1.165) is 0 Å². The number of nitrogens with one attached hydrogen (secondary N) is 1. The van der Waals surface area contributed by atoms with Crippen LogP contribution in [-0.4, -0.2) is 19.1 Å². The third kappa shape index (κ3) is 2.92. The first kappa shape index (κ1) is 10.9. The first-order valence-electron chi connectivity index (χ1n) is 4.27. The molecule has 1 aromatic carbocycles. The van der Waals surface area contributed by atoms with Gasteiger partial charge in [0.05, 0.1) is 0 Å². The molecule has 0 aliphatic carbocycles. The number of carbonyl (C=O) groups is 1. The Balaban J connectivity index is 2.60. The molecule has 0 aliphatic rings. The molecule has 0 saturated carbocycles. The molecular formula is C10H12ClNO2. The normalized spacial score (nSPS) is 11.9. The smallest absolute Gasteiger partial charge is 0.260 e. The van der Waals surface area contributed by atoms with Gasteiger partial charge in [-0.3, -0.25) is 4.79 Å². The molecular weight excluding hydrogens is 202 g/mol. The molecule has 1 aromatic rings. The maximum absolute atomic E-state index is 11.1. The summed E-state index contributed by atoms with van der Waals surface area (Å²) in [6.07, 6.45) is -0.499. The number of amides is 1. The van der Waals surface area contributed by atoms with Crippen LogP contribution >= 0.6 is 11.6 Å². The second-order valence-electron chi connectivity index (χ2n) is 2.83. The molecule has 0 aliphatic heterocycles. The van der Waals surface area contributed by atoms with E-state index in [0.29, 0.717) is 10.8 Å². The molecule has 0 radical (unpaired) electrons. The summed E-state index contributed by atoms with van der Waals surface area (Å²) >= 11 is 5.70. The lowest BCUT2D eigenvalue weighted by Gasteiger charge is -2.12. The maximum atomic E-state index is 11.1. The number of hydrogen-bond acceptors (Lipinski definition) is 2. The average Bonchev–Trinajstić information content (AvgIpc) is 2.20. The van der Waals surface area contributed by atoms with Crippen molar-refractivity contribution >= 4 is 17.5 Å². The number of benzene rings is 1. The van der Waals surface area contributed by atoms with Crippen LogP contribution in [0.5, 0.6) is 5.75 Å². The highest BCUT2D eigenvalue weighted by atomic mass is 35.5. The van der Waals surface area contributed by atoms with E-state index < -0.39 is 6.10 Å². The van der Waals surface area contributed by atoms with Gasteiger partial charge < -0.3 is 10.1 Å². The fraction of sp³-hybridized carbons (Fsp3) is 0.300. The zero-order valence-electron chi connectivity index (χ0n) is 8.08. The number of carbonyl (C=O) groups excluding carboxylic acids is 1. The predicted molar refractivity (Wildman–Crippen MR) is 55.6 cm³/mol. The first-order valence-corrected chi connectivity index (χ1v) is 4.65. The molecule has 0 fully saturated rings. The van der Waals surface area contributed by atoms with Crippen LogP contribution in [0.1, 0.15) is 6.92 Å². The van der Waals surface area contributed by atoms with E-state index >= 15 is 0 Å². The van der Waals surface area contributed by atoms with Crippen LogP contribution in [0.2, 0.25) is 5.02 Å². The van der Waals surface area contributed by atoms with E-state index in [1.165, 1.54) is 0 Å². The first-order chi connectivity index (χ1) is 6.63. The Kier molecular flexibility index (Phi) is 3.77. The van der Waals surface area contributed by atoms with E-state index in [-0.39, 0.29) is 5.91 Å². The van der Waals surface area contributed by atoms with Gasteiger partial charge in [-0.25, -0.2) is 0 Å². The van der Waals surface area contributed by atoms with Gasteiger partial charge in [-0.2, -0.15) is 0 Å². The minimum Gasteiger partial charge on any atom is -0.481 e. The summed E-state index contributed by atoms with van der Waals surface area (Å²) in [5.41, 5.74) is 0. The number of rotatable bonds is 3. The molecule has 0 heterocycles. The van der Waals surface area contributed by atoms with Gasteiger partial charge in [0.15, 0.2) is 6.10 Å². The molecule has 1 rings (SSSR count). The number of halogens is 1. The fourth-order valence-corrected chi connectivity index (χ4v) is 1.10. The minimum atomic E-state index is -0.499. The SMILES string of the molecule is CNC(=O)[C@@H](C)Oc1ccc(Cl)cc1. The van der Waals surface area contributed by atoms with Crippen molar-refractivity contribution in [2.75, 3.05) is 7.05 Å². The van der Waals surface area contributed by atoms with Crippen LogP contribution < -0.4 is 10.1 Å². The monoisotopic (exact) mass is 213 g/mol. The van der Waals surface area contributed by atoms with E-state index in [2.05, 4.69) is 5.32 Å². The highest BCUT2D eigenvalue weighted by Gasteiger charge is 2.11. The van der Waals surface area contributed by atoms with Gasteiger partial charge in [-0.1, -0.05) is 11.6 Å². The molecule has 4 heteroatoms. The van der Waals surface area contributed by atoms with Gasteiger partial charge in [0.25, 0.3) is 5.91 Å². The van der Waals surface area contributed by atoms with E-state index in [1.807, 2.05) is 0 Å². The Morgan fingerprint density at radius 1 is 1.43 bits per heavy atom. The summed E-state index contributed by atoms with van der Waals surface area (Å²) in [4.78, 5) is 11.1. The van der Waals surface area contributed by atoms with Gasteiger partial charge in [0.1, 0.15) is 5.75 Å². The van der Waals surface area contributed by atoms with E-state index in [1.54, 1.807) is 38.2 Å². The molecule has 0 spiro atoms. The standard InChI is InChI=1S/C10H12ClNO2/c1-7(10(13)12-2)14-9-5-3-8(11)4-6-9/h3-7H,1-2H3,(H,12,13)/t7-/m1/s1. The Bertz CT molecular complexity index is 310. The lowest BCUT2D eigenvalue weighted by molar-refractivity contribution is -0.126. The molecule has 14 heavy (non-hydrogen) atoms. The zero-order valence-corrected chi connectivity index (χ0v) is 8.84. The van der Waals surface area contributed by atoms with Gasteiger partial charge in [-0.15, -0.1) is 0 Å². The quantitative estimate of drug-likeness (QED) is 0.832. The number of ether oxygens (including phenoxy) is 1. The van der Waals surface area contributed by atoms with Crippen molar-refractivity contribution in [1.82, 2.24) is 5.32 Å². The zero-order chi connectivity index (χ0) is 10.6. The molecule has 76 valence electrons. The minimum absolute atomic E-state index is 0.153. The molecule has 0 aromatic heterocycles. The van der Waals surface area contributed by atoms with Gasteiger partial charge >= 0.3 is 0 Å². The number of likely N-dealkylation sites (N-methyl/N-ethyl adjacent to an activating group) is 1. The second kappa shape index (κ2) is 4.86. The van der Waals surface area contributed by atoms with Crippen LogP contribution in [0.25, 0.3) is 0 Å². The summed E-state index contributed by atoms with van der Waals surface area (Å²) in [7, 11) is 1.57. The Labute approximate surface area is 88.0 Å². The molecule has 0 bridgehead atoms. The topological polar surface area (TPSA) is 38.3 Å². The predicted octanol–water partition coefficient (Wildman–Crippen LogP) is 1.85.